The Morgan fingerprint density at radius 2 is 1.60 bits per heavy atom. The fraction of sp³-hybridized carbons (Fsp3) is 0.200. The number of rotatable bonds is 4. The summed E-state index contributed by atoms with van der Waals surface area (Å²) in [5.41, 5.74) is 0.491. The molecule has 1 N–H and O–H groups in total. The van der Waals surface area contributed by atoms with E-state index in [2.05, 4.69) is 0 Å². The first-order valence-corrected chi connectivity index (χ1v) is 9.19. The molecule has 2 aliphatic rings. The Kier molecular flexibility index (Phi) is 3.88. The average molecular weight is 351 g/mol. The van der Waals surface area contributed by atoms with Crippen LogP contribution in [-0.2, 0) is 15.0 Å². The minimum absolute atomic E-state index is 0.0130. The number of carbonyl (C=O) groups excluding carboxylic acids is 1. The highest BCUT2D eigenvalue weighted by Crippen LogP contribution is 2.48. The molecular formula is C20H17NO3S. The third-order valence-electron chi connectivity index (χ3n) is 4.85. The Hall–Kier alpha value is -2.53. The zero-order valence-corrected chi connectivity index (χ0v) is 14.3. The molecule has 1 unspecified atom stereocenters. The van der Waals surface area contributed by atoms with E-state index >= 15 is 0 Å². The maximum Gasteiger partial charge on any atom is 0.324 e. The van der Waals surface area contributed by atoms with Gasteiger partial charge in [0.05, 0.1) is 11.8 Å². The smallest absolute Gasteiger partial charge is 0.324 e. The number of fused-ring (bicyclic) bond motifs is 1. The van der Waals surface area contributed by atoms with Gasteiger partial charge < -0.3 is 10.0 Å². The first kappa shape index (κ1) is 16.0. The Bertz CT molecular complexity index is 808. The van der Waals surface area contributed by atoms with Crippen molar-refractivity contribution in [2.75, 3.05) is 5.75 Å². The van der Waals surface area contributed by atoms with Crippen molar-refractivity contribution in [2.45, 2.75) is 17.2 Å². The number of carboxylic acids is 1. The van der Waals surface area contributed by atoms with Gasteiger partial charge in [0.25, 0.3) is 0 Å². The monoisotopic (exact) mass is 351 g/mol. The number of carbonyl (C=O) groups is 2. The SMILES string of the molecule is O=C1CC2SCC=C(C(C(=O)O)(c3ccccc3)c3ccccc3)N12. The van der Waals surface area contributed by atoms with Crippen molar-refractivity contribution < 1.29 is 14.7 Å². The van der Waals surface area contributed by atoms with Gasteiger partial charge in [0, 0.05) is 11.4 Å². The molecular weight excluding hydrogens is 334 g/mol. The highest BCUT2D eigenvalue weighted by molar-refractivity contribution is 8.00. The standard InChI is InChI=1S/C20H17NO3S/c22-17-13-18-21(17)16(11-12-25-18)20(19(23)24,14-7-3-1-4-8-14)15-9-5-2-6-10-15/h1-11,18H,12-13H2,(H,23,24). The van der Waals surface area contributed by atoms with Crippen molar-refractivity contribution in [2.24, 2.45) is 0 Å². The number of carboxylic acid groups (broad SMARTS) is 1. The van der Waals surface area contributed by atoms with E-state index in [1.165, 1.54) is 0 Å². The molecule has 2 aromatic rings. The summed E-state index contributed by atoms with van der Waals surface area (Å²) in [7, 11) is 0. The summed E-state index contributed by atoms with van der Waals surface area (Å²) in [6.45, 7) is 0. The van der Waals surface area contributed by atoms with Gasteiger partial charge in [-0.15, -0.1) is 11.8 Å². The summed E-state index contributed by atoms with van der Waals surface area (Å²) < 4.78 is 0. The van der Waals surface area contributed by atoms with Crippen LogP contribution in [0.15, 0.2) is 72.4 Å². The minimum atomic E-state index is -1.39. The van der Waals surface area contributed by atoms with Gasteiger partial charge in [-0.25, -0.2) is 0 Å². The third kappa shape index (κ3) is 2.30. The van der Waals surface area contributed by atoms with E-state index in [1.54, 1.807) is 16.7 Å². The summed E-state index contributed by atoms with van der Waals surface area (Å²) >= 11 is 1.67. The molecule has 25 heavy (non-hydrogen) atoms. The van der Waals surface area contributed by atoms with Crippen LogP contribution in [-0.4, -0.2) is 33.0 Å². The van der Waals surface area contributed by atoms with Crippen LogP contribution in [0.1, 0.15) is 17.5 Å². The molecule has 0 spiro atoms. The van der Waals surface area contributed by atoms with Crippen LogP contribution in [0.3, 0.4) is 0 Å². The van der Waals surface area contributed by atoms with Gasteiger partial charge in [0.1, 0.15) is 0 Å². The van der Waals surface area contributed by atoms with Crippen LogP contribution < -0.4 is 0 Å². The fourth-order valence-corrected chi connectivity index (χ4v) is 4.79. The van der Waals surface area contributed by atoms with E-state index in [1.807, 2.05) is 66.7 Å². The van der Waals surface area contributed by atoms with Gasteiger partial charge in [-0.3, -0.25) is 9.59 Å². The van der Waals surface area contributed by atoms with Crippen molar-refractivity contribution in [3.8, 4) is 0 Å². The van der Waals surface area contributed by atoms with Crippen LogP contribution in [0.25, 0.3) is 0 Å². The molecule has 0 aromatic heterocycles. The Morgan fingerprint density at radius 1 is 1.04 bits per heavy atom. The predicted molar refractivity (Wildman–Crippen MR) is 97.1 cm³/mol. The second kappa shape index (κ2) is 6.08. The number of benzene rings is 2. The molecule has 1 amide bonds. The summed E-state index contributed by atoms with van der Waals surface area (Å²) in [6, 6.07) is 18.4. The van der Waals surface area contributed by atoms with Gasteiger partial charge in [-0.2, -0.15) is 0 Å². The van der Waals surface area contributed by atoms with Crippen LogP contribution in [0, 0.1) is 0 Å². The van der Waals surface area contributed by atoms with Gasteiger partial charge in [0.15, 0.2) is 5.41 Å². The lowest BCUT2D eigenvalue weighted by atomic mass is 9.70. The summed E-state index contributed by atoms with van der Waals surface area (Å²) in [5, 5.41) is 10.5. The molecule has 2 aliphatic heterocycles. The predicted octanol–water partition coefficient (Wildman–Crippen LogP) is 3.25. The van der Waals surface area contributed by atoms with Crippen LogP contribution in [0.4, 0.5) is 0 Å². The summed E-state index contributed by atoms with van der Waals surface area (Å²) in [6.07, 6.45) is 2.37. The van der Waals surface area contributed by atoms with E-state index in [0.717, 1.165) is 0 Å². The second-order valence-corrected chi connectivity index (χ2v) is 7.34. The topological polar surface area (TPSA) is 57.6 Å². The Balaban J connectivity index is 2.00. The lowest BCUT2D eigenvalue weighted by Crippen LogP contribution is -2.58. The van der Waals surface area contributed by atoms with Gasteiger partial charge in [-0.05, 0) is 11.1 Å². The molecule has 1 saturated heterocycles. The van der Waals surface area contributed by atoms with E-state index in [-0.39, 0.29) is 11.3 Å². The number of β-lactam (4-membered cyclic amide) rings is 1. The van der Waals surface area contributed by atoms with Gasteiger partial charge in [-0.1, -0.05) is 66.7 Å². The number of aliphatic carboxylic acids is 1. The van der Waals surface area contributed by atoms with Crippen molar-refractivity contribution in [3.63, 3.8) is 0 Å². The summed E-state index contributed by atoms with van der Waals surface area (Å²) in [4.78, 5) is 26.7. The maximum atomic E-state index is 12.7. The van der Waals surface area contributed by atoms with Gasteiger partial charge in [0.2, 0.25) is 5.91 Å². The largest absolute Gasteiger partial charge is 0.480 e. The van der Waals surface area contributed by atoms with E-state index in [0.29, 0.717) is 29.0 Å². The van der Waals surface area contributed by atoms with Gasteiger partial charge >= 0.3 is 5.97 Å². The fourth-order valence-electron chi connectivity index (χ4n) is 3.68. The third-order valence-corrected chi connectivity index (χ3v) is 5.97. The molecule has 2 heterocycles. The number of thioether (sulfide) groups is 1. The molecule has 4 rings (SSSR count). The molecule has 4 nitrogen and oxygen atoms in total. The maximum absolute atomic E-state index is 12.7. The highest BCUT2D eigenvalue weighted by atomic mass is 32.2. The van der Waals surface area contributed by atoms with Crippen LogP contribution in [0.5, 0.6) is 0 Å². The number of amides is 1. The molecule has 5 heteroatoms. The zero-order valence-electron chi connectivity index (χ0n) is 13.5. The normalized spacial score (nSPS) is 19.7. The molecule has 2 aromatic carbocycles. The molecule has 1 fully saturated rings. The zero-order chi connectivity index (χ0) is 17.4. The quantitative estimate of drug-likeness (QED) is 0.859. The molecule has 0 bridgehead atoms. The van der Waals surface area contributed by atoms with Crippen LogP contribution in [0.2, 0.25) is 0 Å². The summed E-state index contributed by atoms with van der Waals surface area (Å²) in [5.74, 6) is -0.277. The van der Waals surface area contributed by atoms with E-state index in [9.17, 15) is 14.7 Å². The average Bonchev–Trinajstić information content (AvgIpc) is 2.63. The van der Waals surface area contributed by atoms with E-state index in [4.69, 9.17) is 0 Å². The van der Waals surface area contributed by atoms with Crippen LogP contribution >= 0.6 is 11.8 Å². The number of hydrogen-bond donors (Lipinski definition) is 1. The Labute approximate surface area is 150 Å². The molecule has 0 saturated carbocycles. The van der Waals surface area contributed by atoms with E-state index < -0.39 is 11.4 Å². The van der Waals surface area contributed by atoms with Crippen molar-refractivity contribution in [3.05, 3.63) is 83.6 Å². The molecule has 126 valence electrons. The lowest BCUT2D eigenvalue weighted by molar-refractivity contribution is -0.144. The molecule has 0 aliphatic carbocycles. The number of hydrogen-bond acceptors (Lipinski definition) is 3. The first-order chi connectivity index (χ1) is 12.2. The molecule has 1 atom stereocenters. The Morgan fingerprint density at radius 3 is 2.08 bits per heavy atom. The van der Waals surface area contributed by atoms with Crippen molar-refractivity contribution in [1.29, 1.82) is 0 Å². The molecule has 0 radical (unpaired) electrons. The minimum Gasteiger partial charge on any atom is -0.480 e. The lowest BCUT2D eigenvalue weighted by Gasteiger charge is -2.49. The number of nitrogens with zero attached hydrogens (tertiary/aromatic N) is 1. The highest BCUT2D eigenvalue weighted by Gasteiger charge is 2.54. The van der Waals surface area contributed by atoms with Crippen molar-refractivity contribution >= 4 is 23.6 Å². The second-order valence-electron chi connectivity index (χ2n) is 6.13. The van der Waals surface area contributed by atoms with Crippen molar-refractivity contribution in [1.82, 2.24) is 4.90 Å². The first-order valence-electron chi connectivity index (χ1n) is 8.14.